The fourth-order valence-corrected chi connectivity index (χ4v) is 5.02. The lowest BCUT2D eigenvalue weighted by Gasteiger charge is -2.26. The van der Waals surface area contributed by atoms with E-state index in [4.69, 9.17) is 14.9 Å². The summed E-state index contributed by atoms with van der Waals surface area (Å²) >= 11 is 3.74. The van der Waals surface area contributed by atoms with Gasteiger partial charge in [0.25, 0.3) is 5.91 Å². The Balaban J connectivity index is 1.73. The number of hydrogen-bond donors (Lipinski definition) is 3. The zero-order valence-electron chi connectivity index (χ0n) is 20.6. The fourth-order valence-electron chi connectivity index (χ4n) is 3.61. The molecule has 7 nitrogen and oxygen atoms in total. The van der Waals surface area contributed by atoms with E-state index in [1.807, 2.05) is 23.1 Å². The molecule has 1 aliphatic carbocycles. The molecular formula is C26H31F2IN4O3S. The van der Waals surface area contributed by atoms with Crippen molar-refractivity contribution in [2.75, 3.05) is 43.3 Å². The number of benzene rings is 2. The predicted molar refractivity (Wildman–Crippen MR) is 152 cm³/mol. The van der Waals surface area contributed by atoms with Gasteiger partial charge in [-0.3, -0.25) is 9.52 Å². The summed E-state index contributed by atoms with van der Waals surface area (Å²) in [7, 11) is 1.62. The van der Waals surface area contributed by atoms with Crippen molar-refractivity contribution in [3.63, 3.8) is 0 Å². The Morgan fingerprint density at radius 2 is 1.89 bits per heavy atom. The zero-order valence-corrected chi connectivity index (χ0v) is 23.5. The van der Waals surface area contributed by atoms with Crippen molar-refractivity contribution in [2.24, 2.45) is 5.41 Å². The number of anilines is 1. The minimum atomic E-state index is -0.806. The second-order valence-electron chi connectivity index (χ2n) is 8.74. The van der Waals surface area contributed by atoms with E-state index < -0.39 is 17.5 Å². The van der Waals surface area contributed by atoms with Crippen LogP contribution in [0, 0.1) is 22.5 Å². The fraction of sp³-hybridized carbons (Fsp3) is 0.385. The monoisotopic (exact) mass is 644 g/mol. The Morgan fingerprint density at radius 1 is 1.19 bits per heavy atom. The molecule has 1 amide bonds. The Labute approximate surface area is 234 Å². The molecule has 0 unspecified atom stereocenters. The van der Waals surface area contributed by atoms with Crippen LogP contribution in [0.15, 0.2) is 60.0 Å². The highest BCUT2D eigenvalue weighted by molar-refractivity contribution is 14.1. The Bertz CT molecular complexity index is 1070. The molecule has 1 fully saturated rings. The first-order valence-corrected chi connectivity index (χ1v) is 14.2. The maximum absolute atomic E-state index is 13.7. The van der Waals surface area contributed by atoms with Crippen molar-refractivity contribution in [3.05, 3.63) is 77.2 Å². The molecular weight excluding hydrogens is 613 g/mol. The Kier molecular flexibility index (Phi) is 11.6. The molecule has 11 heteroatoms. The number of methoxy groups -OCH3 is 1. The molecule has 2 aromatic carbocycles. The molecule has 0 aliphatic heterocycles. The van der Waals surface area contributed by atoms with E-state index in [-0.39, 0.29) is 29.2 Å². The third-order valence-corrected chi connectivity index (χ3v) is 7.49. The maximum Gasteiger partial charge on any atom is 0.293 e. The van der Waals surface area contributed by atoms with Gasteiger partial charge in [-0.25, -0.2) is 8.78 Å². The normalized spacial score (nSPS) is 14.5. The summed E-state index contributed by atoms with van der Waals surface area (Å²) in [4.78, 5) is 15.1. The summed E-state index contributed by atoms with van der Waals surface area (Å²) < 4.78 is 42.5. The molecule has 1 saturated carbocycles. The van der Waals surface area contributed by atoms with Crippen LogP contribution in [-0.4, -0.2) is 55.0 Å². The molecule has 3 N–H and O–H groups in total. The standard InChI is InChI=1S/C26H31F2IN4O3S/c1-35-16-26(7-8-26)17-36-24(25(34)32-22-12-20(27)11-21(28)13-22)23(14-30)33(18-29)10-9-31-37-15-19-5-3-2-4-6-19/h2-6,11-14,30-31H,7-10,15-18H2,1H3,(H,32,34)/b24-23-,30-14?. The number of alkyl halides is 1. The molecule has 0 bridgehead atoms. The molecule has 0 saturated heterocycles. The molecule has 0 spiro atoms. The van der Waals surface area contributed by atoms with Gasteiger partial charge >= 0.3 is 0 Å². The largest absolute Gasteiger partial charge is 0.486 e. The topological polar surface area (TPSA) is 86.7 Å². The van der Waals surface area contributed by atoms with Crippen molar-refractivity contribution in [1.29, 1.82) is 5.41 Å². The number of nitrogens with zero attached hydrogens (tertiary/aromatic N) is 1. The molecule has 0 heterocycles. The third kappa shape index (κ3) is 9.24. The van der Waals surface area contributed by atoms with E-state index in [0.717, 1.165) is 43.0 Å². The van der Waals surface area contributed by atoms with Gasteiger partial charge in [0.1, 0.15) is 17.3 Å². The Morgan fingerprint density at radius 3 is 2.49 bits per heavy atom. The number of ether oxygens (including phenoxy) is 2. The number of nitrogens with one attached hydrogen (secondary N) is 3. The highest BCUT2D eigenvalue weighted by atomic mass is 127. The maximum atomic E-state index is 13.7. The third-order valence-electron chi connectivity index (χ3n) is 5.78. The van der Waals surface area contributed by atoms with Gasteiger partial charge in [-0.1, -0.05) is 64.9 Å². The van der Waals surface area contributed by atoms with Crippen molar-refractivity contribution >= 4 is 52.3 Å². The van der Waals surface area contributed by atoms with Crippen LogP contribution in [0.25, 0.3) is 0 Å². The first-order chi connectivity index (χ1) is 17.9. The number of allylic oxidation sites excluding steroid dienone is 1. The molecule has 0 aromatic heterocycles. The van der Waals surface area contributed by atoms with Crippen molar-refractivity contribution in [2.45, 2.75) is 18.6 Å². The van der Waals surface area contributed by atoms with Gasteiger partial charge in [0.2, 0.25) is 5.76 Å². The Hall–Kier alpha value is -2.22. The minimum Gasteiger partial charge on any atom is -0.486 e. The highest BCUT2D eigenvalue weighted by Gasteiger charge is 2.44. The van der Waals surface area contributed by atoms with E-state index in [1.54, 1.807) is 19.1 Å². The van der Waals surface area contributed by atoms with Gasteiger partial charge in [0.15, 0.2) is 0 Å². The average Bonchev–Trinajstić information content (AvgIpc) is 3.64. The zero-order chi connectivity index (χ0) is 26.7. The van der Waals surface area contributed by atoms with Crippen LogP contribution in [0.3, 0.4) is 0 Å². The van der Waals surface area contributed by atoms with Crippen molar-refractivity contribution in [1.82, 2.24) is 9.62 Å². The van der Waals surface area contributed by atoms with Crippen LogP contribution < -0.4 is 10.0 Å². The van der Waals surface area contributed by atoms with E-state index >= 15 is 0 Å². The van der Waals surface area contributed by atoms with E-state index in [9.17, 15) is 13.6 Å². The second-order valence-corrected chi connectivity index (χ2v) is 10.3. The number of amides is 1. The van der Waals surface area contributed by atoms with Crippen LogP contribution in [-0.2, 0) is 20.0 Å². The first-order valence-electron chi connectivity index (χ1n) is 11.7. The summed E-state index contributed by atoms with van der Waals surface area (Å²) in [6.45, 7) is 1.83. The van der Waals surface area contributed by atoms with E-state index in [2.05, 4.69) is 44.8 Å². The summed E-state index contributed by atoms with van der Waals surface area (Å²) in [5.74, 6) is -1.56. The predicted octanol–water partition coefficient (Wildman–Crippen LogP) is 5.34. The van der Waals surface area contributed by atoms with E-state index in [1.165, 1.54) is 5.56 Å². The molecule has 37 heavy (non-hydrogen) atoms. The lowest BCUT2D eigenvalue weighted by atomic mass is 10.1. The molecule has 0 atom stereocenters. The minimum absolute atomic E-state index is 0.0361. The van der Waals surface area contributed by atoms with Gasteiger partial charge < -0.3 is 25.1 Å². The lowest BCUT2D eigenvalue weighted by molar-refractivity contribution is -0.116. The van der Waals surface area contributed by atoms with Crippen molar-refractivity contribution in [3.8, 4) is 0 Å². The van der Waals surface area contributed by atoms with Gasteiger partial charge in [-0.15, -0.1) is 0 Å². The molecule has 2 aromatic rings. The van der Waals surface area contributed by atoms with Crippen LogP contribution in [0.1, 0.15) is 18.4 Å². The van der Waals surface area contributed by atoms with Crippen LogP contribution in [0.4, 0.5) is 14.5 Å². The molecule has 1 aliphatic rings. The summed E-state index contributed by atoms with van der Waals surface area (Å²) in [5.41, 5.74) is 1.28. The first kappa shape index (κ1) is 29.3. The lowest BCUT2D eigenvalue weighted by Crippen LogP contribution is -2.33. The number of hydrogen-bond acceptors (Lipinski definition) is 7. The van der Waals surface area contributed by atoms with Gasteiger partial charge in [-0.2, -0.15) is 0 Å². The molecule has 3 rings (SSSR count). The average molecular weight is 645 g/mol. The molecule has 200 valence electrons. The molecule has 0 radical (unpaired) electrons. The SMILES string of the molecule is COCC1(CO/C(C(=O)Nc2cc(F)cc(F)c2)=C(/C=N)N(CI)CCNSCc2ccccc2)CC1. The quantitative estimate of drug-likeness (QED) is 0.0335. The van der Waals surface area contributed by atoms with E-state index in [0.29, 0.717) is 24.2 Å². The second kappa shape index (κ2) is 14.6. The van der Waals surface area contributed by atoms with Crippen LogP contribution in [0.2, 0.25) is 0 Å². The number of rotatable bonds is 16. The number of halogens is 3. The summed E-state index contributed by atoms with van der Waals surface area (Å²) in [6, 6.07) is 12.9. The summed E-state index contributed by atoms with van der Waals surface area (Å²) in [5, 5.41) is 10.6. The smallest absolute Gasteiger partial charge is 0.293 e. The van der Waals surface area contributed by atoms with Crippen molar-refractivity contribution < 1.29 is 23.0 Å². The number of carbonyl (C=O) groups excluding carboxylic acids is 1. The van der Waals surface area contributed by atoms with Gasteiger partial charge in [-0.05, 0) is 30.5 Å². The van der Waals surface area contributed by atoms with Crippen LogP contribution in [0.5, 0.6) is 0 Å². The van der Waals surface area contributed by atoms with Gasteiger partial charge in [0, 0.05) is 49.3 Å². The van der Waals surface area contributed by atoms with Gasteiger partial charge in [0.05, 0.1) is 17.8 Å². The number of carbonyl (C=O) groups is 1. The van der Waals surface area contributed by atoms with Crippen LogP contribution >= 0.6 is 34.5 Å². The summed E-state index contributed by atoms with van der Waals surface area (Å²) in [6.07, 6.45) is 2.89. The highest BCUT2D eigenvalue weighted by Crippen LogP contribution is 2.46.